The summed E-state index contributed by atoms with van der Waals surface area (Å²) in [5.74, 6) is 0.448. The van der Waals surface area contributed by atoms with Gasteiger partial charge >= 0.3 is 6.01 Å². The Morgan fingerprint density at radius 2 is 2.05 bits per heavy atom. The van der Waals surface area contributed by atoms with Crippen LogP contribution in [0.15, 0.2) is 30.6 Å². The van der Waals surface area contributed by atoms with Gasteiger partial charge < -0.3 is 4.74 Å². The van der Waals surface area contributed by atoms with Gasteiger partial charge in [-0.05, 0) is 37.6 Å². The van der Waals surface area contributed by atoms with Crippen LogP contribution in [0.1, 0.15) is 13.8 Å². The van der Waals surface area contributed by atoms with Crippen molar-refractivity contribution in [1.82, 2.24) is 24.3 Å². The van der Waals surface area contributed by atoms with Crippen LogP contribution in [0.25, 0.3) is 17.2 Å². The molecule has 0 aliphatic heterocycles. The van der Waals surface area contributed by atoms with E-state index in [1.165, 1.54) is 0 Å². The third-order valence-electron chi connectivity index (χ3n) is 2.59. The lowest BCUT2D eigenvalue weighted by Gasteiger charge is -2.09. The second-order valence-corrected chi connectivity index (χ2v) is 4.78. The molecule has 0 N–H and O–H groups in total. The second-order valence-electron chi connectivity index (χ2n) is 4.44. The zero-order chi connectivity index (χ0) is 14.1. The molecule has 7 heteroatoms. The van der Waals surface area contributed by atoms with Crippen molar-refractivity contribution in [3.63, 3.8) is 0 Å². The average molecular weight is 290 g/mol. The van der Waals surface area contributed by atoms with Crippen LogP contribution >= 0.6 is 11.6 Å². The van der Waals surface area contributed by atoms with Crippen molar-refractivity contribution in [3.8, 4) is 17.5 Å². The van der Waals surface area contributed by atoms with Crippen molar-refractivity contribution in [2.75, 3.05) is 0 Å². The molecule has 0 aliphatic rings. The molecule has 0 radical (unpaired) electrons. The van der Waals surface area contributed by atoms with Crippen molar-refractivity contribution in [2.45, 2.75) is 20.0 Å². The summed E-state index contributed by atoms with van der Waals surface area (Å²) >= 11 is 5.94. The summed E-state index contributed by atoms with van der Waals surface area (Å²) in [6.45, 7) is 3.79. The van der Waals surface area contributed by atoms with Gasteiger partial charge in [0.25, 0.3) is 0 Å². The highest BCUT2D eigenvalue weighted by Gasteiger charge is 2.12. The van der Waals surface area contributed by atoms with Gasteiger partial charge in [0.15, 0.2) is 5.82 Å². The molecule has 20 heavy (non-hydrogen) atoms. The van der Waals surface area contributed by atoms with Crippen molar-refractivity contribution < 1.29 is 4.74 Å². The van der Waals surface area contributed by atoms with Gasteiger partial charge in [0.1, 0.15) is 5.65 Å². The van der Waals surface area contributed by atoms with E-state index in [0.29, 0.717) is 5.82 Å². The highest BCUT2D eigenvalue weighted by molar-refractivity contribution is 6.28. The number of rotatable bonds is 3. The van der Waals surface area contributed by atoms with E-state index in [0.717, 1.165) is 11.3 Å². The molecule has 0 spiro atoms. The van der Waals surface area contributed by atoms with E-state index in [1.807, 2.05) is 42.6 Å². The van der Waals surface area contributed by atoms with Crippen molar-refractivity contribution in [1.29, 1.82) is 0 Å². The van der Waals surface area contributed by atoms with E-state index in [9.17, 15) is 0 Å². The zero-order valence-electron chi connectivity index (χ0n) is 11.0. The first kappa shape index (κ1) is 12.8. The summed E-state index contributed by atoms with van der Waals surface area (Å²) in [6, 6.07) is 5.89. The number of imidazole rings is 1. The first-order chi connectivity index (χ1) is 9.63. The number of aromatic nitrogens is 5. The van der Waals surface area contributed by atoms with Crippen LogP contribution in [0.5, 0.6) is 6.01 Å². The Labute approximate surface area is 120 Å². The first-order valence-electron chi connectivity index (χ1n) is 6.14. The average Bonchev–Trinajstić information content (AvgIpc) is 2.84. The SMILES string of the molecule is CC(C)Oc1nc(Cl)nc(-c2cccc3nccn23)n1. The number of hydrogen-bond acceptors (Lipinski definition) is 5. The summed E-state index contributed by atoms with van der Waals surface area (Å²) in [4.78, 5) is 16.6. The fraction of sp³-hybridized carbons (Fsp3) is 0.231. The van der Waals surface area contributed by atoms with Crippen LogP contribution < -0.4 is 4.74 Å². The maximum Gasteiger partial charge on any atom is 0.321 e. The minimum Gasteiger partial charge on any atom is -0.461 e. The van der Waals surface area contributed by atoms with Gasteiger partial charge in [0.2, 0.25) is 5.28 Å². The third-order valence-corrected chi connectivity index (χ3v) is 2.76. The van der Waals surface area contributed by atoms with Gasteiger partial charge in [-0.2, -0.15) is 15.0 Å². The largest absolute Gasteiger partial charge is 0.461 e. The summed E-state index contributed by atoms with van der Waals surface area (Å²) in [5, 5.41) is 0.0998. The van der Waals surface area contributed by atoms with Crippen LogP contribution in [-0.4, -0.2) is 30.4 Å². The minimum atomic E-state index is -0.0367. The smallest absolute Gasteiger partial charge is 0.321 e. The number of fused-ring (bicyclic) bond motifs is 1. The van der Waals surface area contributed by atoms with E-state index in [4.69, 9.17) is 16.3 Å². The molecule has 0 unspecified atom stereocenters. The van der Waals surface area contributed by atoms with E-state index < -0.39 is 0 Å². The molecular weight excluding hydrogens is 278 g/mol. The van der Waals surface area contributed by atoms with E-state index in [1.54, 1.807) is 6.20 Å². The summed E-state index contributed by atoms with van der Waals surface area (Å²) in [7, 11) is 0. The van der Waals surface area contributed by atoms with Crippen molar-refractivity contribution in [3.05, 3.63) is 35.9 Å². The second kappa shape index (κ2) is 5.05. The van der Waals surface area contributed by atoms with Crippen LogP contribution in [0.2, 0.25) is 5.28 Å². The lowest BCUT2D eigenvalue weighted by atomic mass is 10.3. The lowest BCUT2D eigenvalue weighted by molar-refractivity contribution is 0.222. The molecule has 0 fully saturated rings. The zero-order valence-corrected chi connectivity index (χ0v) is 11.7. The van der Waals surface area contributed by atoms with Crippen molar-refractivity contribution in [2.24, 2.45) is 0 Å². The third kappa shape index (κ3) is 2.42. The topological polar surface area (TPSA) is 65.2 Å². The first-order valence-corrected chi connectivity index (χ1v) is 6.52. The monoisotopic (exact) mass is 289 g/mol. The molecule has 0 amide bonds. The van der Waals surface area contributed by atoms with Gasteiger partial charge in [-0.1, -0.05) is 6.07 Å². The summed E-state index contributed by atoms with van der Waals surface area (Å²) in [6.07, 6.45) is 3.52. The van der Waals surface area contributed by atoms with Crippen LogP contribution in [0.4, 0.5) is 0 Å². The normalized spacial score (nSPS) is 11.2. The Kier molecular flexibility index (Phi) is 3.23. The van der Waals surface area contributed by atoms with Crippen LogP contribution in [0, 0.1) is 0 Å². The summed E-state index contributed by atoms with van der Waals surface area (Å²) in [5.41, 5.74) is 1.59. The van der Waals surface area contributed by atoms with Crippen molar-refractivity contribution >= 4 is 17.2 Å². The number of nitrogens with zero attached hydrogens (tertiary/aromatic N) is 5. The fourth-order valence-electron chi connectivity index (χ4n) is 1.84. The molecule has 0 aromatic carbocycles. The summed E-state index contributed by atoms with van der Waals surface area (Å²) < 4.78 is 7.36. The predicted octanol–water partition coefficient (Wildman–Crippen LogP) is 2.63. The minimum absolute atomic E-state index is 0.0367. The van der Waals surface area contributed by atoms with Crippen LogP contribution in [0.3, 0.4) is 0 Å². The number of pyridine rings is 1. The molecule has 3 aromatic rings. The Balaban J connectivity index is 2.14. The molecule has 3 heterocycles. The van der Waals surface area contributed by atoms with Gasteiger partial charge in [0, 0.05) is 12.4 Å². The quantitative estimate of drug-likeness (QED) is 0.741. The number of halogens is 1. The fourth-order valence-corrected chi connectivity index (χ4v) is 1.99. The Morgan fingerprint density at radius 1 is 1.20 bits per heavy atom. The molecule has 3 rings (SSSR count). The number of ether oxygens (including phenoxy) is 1. The Morgan fingerprint density at radius 3 is 2.85 bits per heavy atom. The Bertz CT molecular complexity index is 755. The van der Waals surface area contributed by atoms with Gasteiger partial charge in [-0.3, -0.25) is 4.40 Å². The van der Waals surface area contributed by atoms with E-state index in [2.05, 4.69) is 19.9 Å². The van der Waals surface area contributed by atoms with Gasteiger partial charge in [0.05, 0.1) is 11.8 Å². The molecule has 0 aliphatic carbocycles. The molecule has 0 saturated carbocycles. The van der Waals surface area contributed by atoms with Crippen LogP contribution in [-0.2, 0) is 0 Å². The number of hydrogen-bond donors (Lipinski definition) is 0. The van der Waals surface area contributed by atoms with Gasteiger partial charge in [-0.15, -0.1) is 0 Å². The highest BCUT2D eigenvalue weighted by atomic mass is 35.5. The molecule has 6 nitrogen and oxygen atoms in total. The lowest BCUT2D eigenvalue weighted by Crippen LogP contribution is -2.10. The Hall–Kier alpha value is -2.21. The van der Waals surface area contributed by atoms with E-state index >= 15 is 0 Å². The standard InChI is InChI=1S/C13H12ClN5O/c1-8(2)20-13-17-11(16-12(14)18-13)9-4-3-5-10-15-6-7-19(9)10/h3-8H,1-2H3. The molecule has 0 atom stereocenters. The highest BCUT2D eigenvalue weighted by Crippen LogP contribution is 2.20. The molecule has 3 aromatic heterocycles. The molecule has 0 bridgehead atoms. The molecular formula is C13H12ClN5O. The van der Waals surface area contributed by atoms with Gasteiger partial charge in [-0.25, -0.2) is 4.98 Å². The maximum absolute atomic E-state index is 5.94. The molecule has 0 saturated heterocycles. The van der Waals surface area contributed by atoms with E-state index in [-0.39, 0.29) is 17.4 Å². The molecule has 102 valence electrons. The predicted molar refractivity (Wildman–Crippen MR) is 74.8 cm³/mol. The maximum atomic E-state index is 5.94.